The van der Waals surface area contributed by atoms with Gasteiger partial charge >= 0.3 is 0 Å². The average molecular weight is 391 g/mol. The van der Waals surface area contributed by atoms with E-state index in [4.69, 9.17) is 0 Å². The summed E-state index contributed by atoms with van der Waals surface area (Å²) in [5.41, 5.74) is 2.63. The highest BCUT2D eigenvalue weighted by Crippen LogP contribution is 2.30. The van der Waals surface area contributed by atoms with Gasteiger partial charge in [0.05, 0.1) is 0 Å². The van der Waals surface area contributed by atoms with Gasteiger partial charge in [-0.2, -0.15) is 0 Å². The quantitative estimate of drug-likeness (QED) is 0.546. The molecule has 0 radical (unpaired) electrons. The molecule has 0 heterocycles. The van der Waals surface area contributed by atoms with Crippen LogP contribution >= 0.6 is 0 Å². The fourth-order valence-electron chi connectivity index (χ4n) is 4.06. The smallest absolute Gasteiger partial charge is 0.188 e. The molecular formula is C15H42N2Si5. The molecule has 7 heteroatoms. The predicted molar refractivity (Wildman–Crippen MR) is 119 cm³/mol. The Labute approximate surface area is 147 Å². The zero-order valence-electron chi connectivity index (χ0n) is 17.6. The molecule has 0 unspecified atom stereocenters. The van der Waals surface area contributed by atoms with E-state index in [1.165, 1.54) is 0 Å². The Hall–Kier alpha value is 0.744. The van der Waals surface area contributed by atoms with Crippen LogP contribution in [0.15, 0.2) is 11.8 Å². The standard InChI is InChI=1S/C15H42N2Si5/c1-14-15-18(16(19(2,3)4)20(5,6)7)17(21(8,9)10)22(11,12)13/h14-15,18H,1-13H3. The third-order valence-corrected chi connectivity index (χ3v) is 31.9. The summed E-state index contributed by atoms with van der Waals surface area (Å²) in [4.78, 5) is 0. The molecule has 132 valence electrons. The molecule has 0 bridgehead atoms. The summed E-state index contributed by atoms with van der Waals surface area (Å²) in [6, 6.07) is 0. The Morgan fingerprint density at radius 2 is 0.773 bits per heavy atom. The van der Waals surface area contributed by atoms with Crippen molar-refractivity contribution in [3.63, 3.8) is 0 Å². The van der Waals surface area contributed by atoms with E-state index in [2.05, 4.69) is 105 Å². The van der Waals surface area contributed by atoms with Gasteiger partial charge in [0.25, 0.3) is 0 Å². The van der Waals surface area contributed by atoms with E-state index in [1.807, 2.05) is 0 Å². The minimum absolute atomic E-state index is 1.23. The third kappa shape index (κ3) is 6.33. The van der Waals surface area contributed by atoms with E-state index < -0.39 is 42.1 Å². The molecule has 0 rings (SSSR count). The predicted octanol–water partition coefficient (Wildman–Crippen LogP) is 5.27. The number of hydrogen-bond donors (Lipinski definition) is 0. The number of allylic oxidation sites excluding steroid dienone is 1. The van der Waals surface area contributed by atoms with Crippen molar-refractivity contribution < 1.29 is 0 Å². The molecule has 0 aromatic heterocycles. The SMILES string of the molecule is CC=C[SiH](N([Si](C)(C)C)[Si](C)(C)C)N([Si](C)(C)C)[Si](C)(C)C. The second kappa shape index (κ2) is 7.32. The largest absolute Gasteiger partial charge is 0.356 e. The van der Waals surface area contributed by atoms with Gasteiger partial charge in [0.15, 0.2) is 9.12 Å². The van der Waals surface area contributed by atoms with E-state index >= 15 is 0 Å². The fraction of sp³-hybridized carbons (Fsp3) is 0.867. The zero-order chi connectivity index (χ0) is 18.1. The number of rotatable bonds is 7. The summed E-state index contributed by atoms with van der Waals surface area (Å²) < 4.78 is 6.24. The molecular weight excluding hydrogens is 349 g/mol. The molecule has 0 aromatic carbocycles. The van der Waals surface area contributed by atoms with E-state index in [0.29, 0.717) is 0 Å². The van der Waals surface area contributed by atoms with Gasteiger partial charge in [0.2, 0.25) is 0 Å². The Bertz CT molecular complexity index is 323. The van der Waals surface area contributed by atoms with Gasteiger partial charge in [-0.1, -0.05) is 90.3 Å². The van der Waals surface area contributed by atoms with Gasteiger partial charge in [-0.3, -0.25) is 0 Å². The first-order valence-electron chi connectivity index (χ1n) is 8.65. The molecule has 0 aliphatic heterocycles. The van der Waals surface area contributed by atoms with Crippen molar-refractivity contribution >= 4 is 42.1 Å². The molecule has 0 aromatic rings. The van der Waals surface area contributed by atoms with Gasteiger partial charge in [-0.25, -0.2) is 0 Å². The van der Waals surface area contributed by atoms with Crippen molar-refractivity contribution in [3.05, 3.63) is 11.8 Å². The van der Waals surface area contributed by atoms with Gasteiger partial charge in [-0.05, 0) is 6.92 Å². The van der Waals surface area contributed by atoms with Crippen molar-refractivity contribution in [2.24, 2.45) is 0 Å². The topological polar surface area (TPSA) is 6.48 Å². The van der Waals surface area contributed by atoms with Crippen molar-refractivity contribution in [2.75, 3.05) is 0 Å². The van der Waals surface area contributed by atoms with E-state index in [1.54, 1.807) is 0 Å². The lowest BCUT2D eigenvalue weighted by molar-refractivity contribution is 0.807. The second-order valence-corrected chi connectivity index (χ2v) is 34.9. The zero-order valence-corrected chi connectivity index (χ0v) is 22.8. The monoisotopic (exact) mass is 390 g/mol. The van der Waals surface area contributed by atoms with Gasteiger partial charge in [0.1, 0.15) is 32.9 Å². The van der Waals surface area contributed by atoms with Crippen LogP contribution in [0.25, 0.3) is 0 Å². The van der Waals surface area contributed by atoms with Crippen molar-refractivity contribution in [1.29, 1.82) is 0 Å². The first kappa shape index (κ1) is 22.7. The van der Waals surface area contributed by atoms with Crippen molar-refractivity contribution in [2.45, 2.75) is 85.5 Å². The van der Waals surface area contributed by atoms with E-state index in [0.717, 1.165) is 0 Å². The van der Waals surface area contributed by atoms with Crippen LogP contribution < -0.4 is 0 Å². The van der Waals surface area contributed by atoms with Crippen molar-refractivity contribution in [3.8, 4) is 0 Å². The molecule has 2 nitrogen and oxygen atoms in total. The Morgan fingerprint density at radius 1 is 0.545 bits per heavy atom. The van der Waals surface area contributed by atoms with E-state index in [-0.39, 0.29) is 0 Å². The molecule has 0 saturated carbocycles. The Balaban J connectivity index is 6.27. The summed E-state index contributed by atoms with van der Waals surface area (Å²) in [5, 5.41) is 0. The number of hydrogen-bond acceptors (Lipinski definition) is 2. The molecule has 0 saturated heterocycles. The maximum atomic E-state index is 3.12. The van der Waals surface area contributed by atoms with Crippen LogP contribution in [0.2, 0.25) is 78.6 Å². The molecule has 0 amide bonds. The molecule has 0 N–H and O–H groups in total. The average Bonchev–Trinajstić information content (AvgIpc) is 2.06. The van der Waals surface area contributed by atoms with E-state index in [9.17, 15) is 0 Å². The maximum absolute atomic E-state index is 3.12. The van der Waals surface area contributed by atoms with Crippen LogP contribution in [-0.2, 0) is 0 Å². The number of nitrogens with zero attached hydrogens (tertiary/aromatic N) is 2. The summed E-state index contributed by atoms with van der Waals surface area (Å²) in [6.45, 7) is 32.9. The summed E-state index contributed by atoms with van der Waals surface area (Å²) >= 11 is 0. The molecule has 0 aliphatic rings. The molecule has 0 fully saturated rings. The van der Waals surface area contributed by atoms with Crippen molar-refractivity contribution in [1.82, 2.24) is 7.79 Å². The highest BCUT2D eigenvalue weighted by molar-refractivity contribution is 7.07. The molecule has 0 aliphatic carbocycles. The lowest BCUT2D eigenvalue weighted by atomic mass is 10.8. The molecule has 22 heavy (non-hydrogen) atoms. The van der Waals surface area contributed by atoms with Gasteiger partial charge < -0.3 is 7.79 Å². The van der Waals surface area contributed by atoms with Crippen LogP contribution in [0.1, 0.15) is 6.92 Å². The van der Waals surface area contributed by atoms with Crippen LogP contribution in [0.5, 0.6) is 0 Å². The fourth-order valence-corrected chi connectivity index (χ4v) is 37.6. The third-order valence-electron chi connectivity index (χ3n) is 3.78. The lowest BCUT2D eigenvalue weighted by Crippen LogP contribution is -2.76. The van der Waals surface area contributed by atoms with Crippen LogP contribution in [0, 0.1) is 0 Å². The Morgan fingerprint density at radius 3 is 0.909 bits per heavy atom. The van der Waals surface area contributed by atoms with Crippen LogP contribution in [0.3, 0.4) is 0 Å². The summed E-state index contributed by atoms with van der Waals surface area (Å²) in [5.74, 6) is 0. The Kier molecular flexibility index (Phi) is 7.57. The van der Waals surface area contributed by atoms with Crippen LogP contribution in [-0.4, -0.2) is 49.9 Å². The molecule has 0 spiro atoms. The maximum Gasteiger partial charge on any atom is 0.188 e. The van der Waals surface area contributed by atoms with Gasteiger partial charge in [-0.15, -0.1) is 0 Å². The first-order chi connectivity index (χ1) is 9.44. The minimum Gasteiger partial charge on any atom is -0.356 e. The van der Waals surface area contributed by atoms with Gasteiger partial charge in [0, 0.05) is 0 Å². The summed E-state index contributed by atoms with van der Waals surface area (Å²) in [7, 11) is -6.57. The highest BCUT2D eigenvalue weighted by Gasteiger charge is 2.47. The normalized spacial score (nSPS) is 15.6. The second-order valence-electron chi connectivity index (χ2n) is 10.4. The molecule has 0 atom stereocenters. The highest BCUT2D eigenvalue weighted by atomic mass is 28.5. The summed E-state index contributed by atoms with van der Waals surface area (Å²) in [6.07, 6.45) is 2.34. The minimum atomic E-state index is -1.33. The van der Waals surface area contributed by atoms with Crippen LogP contribution in [0.4, 0.5) is 0 Å². The lowest BCUT2D eigenvalue weighted by Gasteiger charge is -2.57. The first-order valence-corrected chi connectivity index (χ1v) is 24.1.